The molecule has 0 saturated carbocycles. The minimum atomic E-state index is -1.41. The van der Waals surface area contributed by atoms with Gasteiger partial charge in [0.05, 0.1) is 10.6 Å². The lowest BCUT2D eigenvalue weighted by molar-refractivity contribution is -0.140. The van der Waals surface area contributed by atoms with Crippen LogP contribution in [0.5, 0.6) is 0 Å². The van der Waals surface area contributed by atoms with Crippen molar-refractivity contribution in [2.75, 3.05) is 13.1 Å². The Balaban J connectivity index is 3.11. The van der Waals surface area contributed by atoms with Gasteiger partial charge in [-0.3, -0.25) is 14.4 Å². The van der Waals surface area contributed by atoms with E-state index >= 15 is 0 Å². The molecule has 102 valence electrons. The Labute approximate surface area is 112 Å². The highest BCUT2D eigenvalue weighted by Crippen LogP contribution is 2.20. The Bertz CT molecular complexity index is 498. The number of amides is 1. The van der Waals surface area contributed by atoms with Crippen LogP contribution in [0, 0.1) is 5.82 Å². The summed E-state index contributed by atoms with van der Waals surface area (Å²) in [5.41, 5.74) is -0.549. The molecule has 0 aromatic heterocycles. The summed E-state index contributed by atoms with van der Waals surface area (Å²) in [6.45, 7) is -1.73. The molecule has 0 aliphatic heterocycles. The van der Waals surface area contributed by atoms with Gasteiger partial charge in [-0.25, -0.2) is 4.39 Å². The van der Waals surface area contributed by atoms with Crippen LogP contribution in [0.2, 0.25) is 5.02 Å². The van der Waals surface area contributed by atoms with Gasteiger partial charge in [0.25, 0.3) is 5.91 Å². The molecule has 1 amide bonds. The number of nitrogens with zero attached hydrogens (tertiary/aromatic N) is 1. The first-order valence-electron chi connectivity index (χ1n) is 4.99. The number of hydrogen-bond donors (Lipinski definition) is 2. The first-order valence-corrected chi connectivity index (χ1v) is 5.37. The van der Waals surface area contributed by atoms with Gasteiger partial charge in [0, 0.05) is 0 Å². The molecule has 8 heteroatoms. The van der Waals surface area contributed by atoms with Crippen molar-refractivity contribution in [3.8, 4) is 0 Å². The van der Waals surface area contributed by atoms with Crippen LogP contribution in [0.25, 0.3) is 0 Å². The highest BCUT2D eigenvalue weighted by atomic mass is 35.5. The summed E-state index contributed by atoms with van der Waals surface area (Å²) in [5.74, 6) is -4.87. The fourth-order valence-electron chi connectivity index (χ4n) is 1.39. The third-order valence-corrected chi connectivity index (χ3v) is 2.43. The van der Waals surface area contributed by atoms with Crippen molar-refractivity contribution in [1.29, 1.82) is 0 Å². The van der Waals surface area contributed by atoms with Gasteiger partial charge < -0.3 is 15.1 Å². The minimum absolute atomic E-state index is 0.217. The van der Waals surface area contributed by atoms with Gasteiger partial charge in [0.1, 0.15) is 18.9 Å². The van der Waals surface area contributed by atoms with E-state index in [-0.39, 0.29) is 5.02 Å². The van der Waals surface area contributed by atoms with E-state index < -0.39 is 42.3 Å². The maximum absolute atomic E-state index is 13.5. The molecule has 0 fully saturated rings. The zero-order chi connectivity index (χ0) is 14.6. The molecule has 0 heterocycles. The highest BCUT2D eigenvalue weighted by molar-refractivity contribution is 6.33. The van der Waals surface area contributed by atoms with E-state index in [4.69, 9.17) is 21.8 Å². The largest absolute Gasteiger partial charge is 0.480 e. The molecule has 1 rings (SSSR count). The zero-order valence-electron chi connectivity index (χ0n) is 9.47. The molecule has 6 nitrogen and oxygen atoms in total. The Morgan fingerprint density at radius 2 is 1.68 bits per heavy atom. The van der Waals surface area contributed by atoms with E-state index in [0.717, 1.165) is 6.07 Å². The highest BCUT2D eigenvalue weighted by Gasteiger charge is 2.25. The lowest BCUT2D eigenvalue weighted by Crippen LogP contribution is -2.39. The maximum Gasteiger partial charge on any atom is 0.323 e. The molecule has 0 spiro atoms. The Morgan fingerprint density at radius 3 is 2.11 bits per heavy atom. The van der Waals surface area contributed by atoms with Crippen LogP contribution in [0.3, 0.4) is 0 Å². The number of halogens is 2. The molecule has 0 unspecified atom stereocenters. The number of rotatable bonds is 5. The van der Waals surface area contributed by atoms with E-state index in [1.54, 1.807) is 0 Å². The number of hydrogen-bond acceptors (Lipinski definition) is 3. The van der Waals surface area contributed by atoms with Crippen LogP contribution >= 0.6 is 11.6 Å². The van der Waals surface area contributed by atoms with Gasteiger partial charge in [-0.1, -0.05) is 17.7 Å². The van der Waals surface area contributed by atoms with E-state index in [9.17, 15) is 18.8 Å². The molecule has 2 N–H and O–H groups in total. The topological polar surface area (TPSA) is 94.9 Å². The van der Waals surface area contributed by atoms with Crippen molar-refractivity contribution in [1.82, 2.24) is 4.90 Å². The number of carbonyl (C=O) groups excluding carboxylic acids is 1. The van der Waals surface area contributed by atoms with Crippen molar-refractivity contribution in [2.24, 2.45) is 0 Å². The Morgan fingerprint density at radius 1 is 1.16 bits per heavy atom. The molecule has 0 aliphatic rings. The molecule has 0 atom stereocenters. The quantitative estimate of drug-likeness (QED) is 0.846. The monoisotopic (exact) mass is 289 g/mol. The predicted molar refractivity (Wildman–Crippen MR) is 62.6 cm³/mol. The van der Waals surface area contributed by atoms with Gasteiger partial charge in [-0.15, -0.1) is 0 Å². The summed E-state index contributed by atoms with van der Waals surface area (Å²) in [7, 11) is 0. The van der Waals surface area contributed by atoms with Gasteiger partial charge in [-0.2, -0.15) is 0 Å². The molecule has 1 aromatic carbocycles. The van der Waals surface area contributed by atoms with Crippen molar-refractivity contribution < 1.29 is 29.0 Å². The van der Waals surface area contributed by atoms with Crippen molar-refractivity contribution in [2.45, 2.75) is 0 Å². The van der Waals surface area contributed by atoms with Crippen LogP contribution < -0.4 is 0 Å². The zero-order valence-corrected chi connectivity index (χ0v) is 10.2. The lowest BCUT2D eigenvalue weighted by atomic mass is 10.2. The molecule has 0 saturated heterocycles. The van der Waals surface area contributed by atoms with Crippen LogP contribution in [-0.4, -0.2) is 46.0 Å². The summed E-state index contributed by atoms with van der Waals surface area (Å²) in [6.07, 6.45) is 0. The SMILES string of the molecule is O=C(O)CN(CC(=O)O)C(=O)c1c(F)cccc1Cl. The molecule has 1 aromatic rings. The van der Waals surface area contributed by atoms with Gasteiger partial charge in [0.2, 0.25) is 0 Å². The molecular formula is C11H9ClFNO5. The van der Waals surface area contributed by atoms with Crippen molar-refractivity contribution in [3.05, 3.63) is 34.6 Å². The maximum atomic E-state index is 13.5. The first-order chi connectivity index (χ1) is 8.82. The second kappa shape index (κ2) is 6.14. The number of carboxylic acids is 2. The summed E-state index contributed by atoms with van der Waals surface area (Å²) in [5, 5.41) is 17.0. The minimum Gasteiger partial charge on any atom is -0.480 e. The fourth-order valence-corrected chi connectivity index (χ4v) is 1.63. The summed E-state index contributed by atoms with van der Waals surface area (Å²) in [6, 6.07) is 3.49. The van der Waals surface area contributed by atoms with Crippen molar-refractivity contribution >= 4 is 29.4 Å². The second-order valence-corrected chi connectivity index (χ2v) is 3.95. The summed E-state index contributed by atoms with van der Waals surface area (Å²) < 4.78 is 13.5. The van der Waals surface area contributed by atoms with Gasteiger partial charge in [0.15, 0.2) is 0 Å². The second-order valence-electron chi connectivity index (χ2n) is 3.55. The third kappa shape index (κ3) is 3.92. The Hall–Kier alpha value is -2.15. The average Bonchev–Trinajstić information content (AvgIpc) is 2.26. The van der Waals surface area contributed by atoms with Gasteiger partial charge >= 0.3 is 11.9 Å². The summed E-state index contributed by atoms with van der Waals surface area (Å²) >= 11 is 5.66. The number of benzene rings is 1. The number of carboxylic acid groups (broad SMARTS) is 2. The van der Waals surface area contributed by atoms with Crippen LogP contribution in [0.15, 0.2) is 18.2 Å². The number of aliphatic carboxylic acids is 2. The van der Waals surface area contributed by atoms with E-state index in [2.05, 4.69) is 0 Å². The van der Waals surface area contributed by atoms with Crippen LogP contribution in [-0.2, 0) is 9.59 Å². The van der Waals surface area contributed by atoms with E-state index in [1.807, 2.05) is 0 Å². The lowest BCUT2D eigenvalue weighted by Gasteiger charge is -2.19. The summed E-state index contributed by atoms with van der Waals surface area (Å²) in [4.78, 5) is 33.6. The van der Waals surface area contributed by atoms with Crippen LogP contribution in [0.4, 0.5) is 4.39 Å². The van der Waals surface area contributed by atoms with Gasteiger partial charge in [-0.05, 0) is 12.1 Å². The predicted octanol–water partition coefficient (Wildman–Crippen LogP) is 1.09. The van der Waals surface area contributed by atoms with E-state index in [0.29, 0.717) is 4.90 Å². The van der Waals surface area contributed by atoms with E-state index in [1.165, 1.54) is 12.1 Å². The molecule has 19 heavy (non-hydrogen) atoms. The normalized spacial score (nSPS) is 10.0. The van der Waals surface area contributed by atoms with Crippen LogP contribution in [0.1, 0.15) is 10.4 Å². The molecule has 0 bridgehead atoms. The molecule has 0 aliphatic carbocycles. The number of carbonyl (C=O) groups is 3. The molecule has 0 radical (unpaired) electrons. The fraction of sp³-hybridized carbons (Fsp3) is 0.182. The standard InChI is InChI=1S/C11H9ClFNO5/c12-6-2-1-3-7(13)10(6)11(19)14(4-8(15)16)5-9(17)18/h1-3H,4-5H2,(H,15,16)(H,17,18). The smallest absolute Gasteiger partial charge is 0.323 e. The Kier molecular flexibility index (Phi) is 4.82. The molecular weight excluding hydrogens is 281 g/mol. The first kappa shape index (κ1) is 14.9. The average molecular weight is 290 g/mol. The van der Waals surface area contributed by atoms with Crippen molar-refractivity contribution in [3.63, 3.8) is 0 Å². The third-order valence-electron chi connectivity index (χ3n) is 2.12.